The molecule has 2 rings (SSSR count). The first-order valence-electron chi connectivity index (χ1n) is 9.77. The molecule has 0 bridgehead atoms. The van der Waals surface area contributed by atoms with Gasteiger partial charge in [0.05, 0.1) is 18.8 Å². The molecule has 28 heavy (non-hydrogen) atoms. The standard InChI is InChI=1S/C22H30O6/c23-17(15-27-18-9-5-4-6-10-18)13-14-21-19(20(24)16-28-21)11-7-2-1-3-8-12-22(25)26/h2,4-7,9-10,13-14,17,19-21,23-24H,1,3,8,11-12,15-16H2,(H,25,26)/b7-2-,14-13+/t17-,19-,20-,21+/m0/s1. The van der Waals surface area contributed by atoms with Crippen LogP contribution in [0.3, 0.4) is 0 Å². The maximum Gasteiger partial charge on any atom is 0.303 e. The predicted molar refractivity (Wildman–Crippen MR) is 106 cm³/mol. The zero-order valence-electron chi connectivity index (χ0n) is 16.0. The zero-order valence-corrected chi connectivity index (χ0v) is 16.0. The van der Waals surface area contributed by atoms with Crippen molar-refractivity contribution in [3.63, 3.8) is 0 Å². The fourth-order valence-corrected chi connectivity index (χ4v) is 3.07. The third-order valence-electron chi connectivity index (χ3n) is 4.65. The van der Waals surface area contributed by atoms with Gasteiger partial charge in [-0.15, -0.1) is 0 Å². The summed E-state index contributed by atoms with van der Waals surface area (Å²) in [4.78, 5) is 10.5. The fourth-order valence-electron chi connectivity index (χ4n) is 3.07. The van der Waals surface area contributed by atoms with Gasteiger partial charge < -0.3 is 24.8 Å². The molecule has 0 aromatic heterocycles. The van der Waals surface area contributed by atoms with Gasteiger partial charge in [0, 0.05) is 12.3 Å². The van der Waals surface area contributed by atoms with Gasteiger partial charge in [-0.2, -0.15) is 0 Å². The van der Waals surface area contributed by atoms with E-state index in [0.29, 0.717) is 18.6 Å². The lowest BCUT2D eigenvalue weighted by Gasteiger charge is -2.16. The number of hydrogen-bond donors (Lipinski definition) is 3. The summed E-state index contributed by atoms with van der Waals surface area (Å²) in [5.41, 5.74) is 0. The normalized spacial score (nSPS) is 23.4. The summed E-state index contributed by atoms with van der Waals surface area (Å²) in [6.45, 7) is 0.430. The molecule has 0 spiro atoms. The molecule has 6 nitrogen and oxygen atoms in total. The van der Waals surface area contributed by atoms with Gasteiger partial charge in [-0.25, -0.2) is 0 Å². The Morgan fingerprint density at radius 1 is 1.25 bits per heavy atom. The minimum Gasteiger partial charge on any atom is -0.491 e. The molecule has 154 valence electrons. The SMILES string of the molecule is O=C(O)CCCC/C=C\C[C@H]1[C@@H](O)CO[C@@H]1/C=C/[C@H](O)COc1ccccc1. The Morgan fingerprint density at radius 3 is 2.79 bits per heavy atom. The summed E-state index contributed by atoms with van der Waals surface area (Å²) >= 11 is 0. The number of benzene rings is 1. The average Bonchev–Trinajstić information content (AvgIpc) is 3.04. The average molecular weight is 390 g/mol. The van der Waals surface area contributed by atoms with Crippen molar-refractivity contribution in [3.05, 3.63) is 54.6 Å². The first-order valence-corrected chi connectivity index (χ1v) is 9.77. The number of para-hydroxylation sites is 1. The molecule has 0 amide bonds. The molecule has 4 atom stereocenters. The second-order valence-electron chi connectivity index (χ2n) is 6.95. The van der Waals surface area contributed by atoms with Crippen LogP contribution in [-0.2, 0) is 9.53 Å². The van der Waals surface area contributed by atoms with Crippen LogP contribution in [0.15, 0.2) is 54.6 Å². The van der Waals surface area contributed by atoms with Gasteiger partial charge >= 0.3 is 5.97 Å². The third-order valence-corrected chi connectivity index (χ3v) is 4.65. The van der Waals surface area contributed by atoms with Crippen LogP contribution in [-0.4, -0.2) is 52.8 Å². The molecule has 0 unspecified atom stereocenters. The third kappa shape index (κ3) is 8.25. The van der Waals surface area contributed by atoms with E-state index in [9.17, 15) is 15.0 Å². The highest BCUT2D eigenvalue weighted by Crippen LogP contribution is 2.26. The van der Waals surface area contributed by atoms with E-state index in [1.54, 1.807) is 12.2 Å². The van der Waals surface area contributed by atoms with E-state index >= 15 is 0 Å². The summed E-state index contributed by atoms with van der Waals surface area (Å²) in [6.07, 6.45) is 9.14. The predicted octanol–water partition coefficient (Wildman–Crippen LogP) is 2.95. The zero-order chi connectivity index (χ0) is 20.2. The summed E-state index contributed by atoms with van der Waals surface area (Å²) in [5.74, 6) is -0.121. The smallest absolute Gasteiger partial charge is 0.303 e. The van der Waals surface area contributed by atoms with Gasteiger partial charge in [0.1, 0.15) is 18.5 Å². The monoisotopic (exact) mass is 390 g/mol. The van der Waals surface area contributed by atoms with E-state index < -0.39 is 18.2 Å². The highest BCUT2D eigenvalue weighted by Gasteiger charge is 2.33. The van der Waals surface area contributed by atoms with Gasteiger partial charge in [0.25, 0.3) is 0 Å². The quantitative estimate of drug-likeness (QED) is 0.375. The molecule has 1 fully saturated rings. The highest BCUT2D eigenvalue weighted by molar-refractivity contribution is 5.66. The maximum atomic E-state index is 10.5. The van der Waals surface area contributed by atoms with Crippen LogP contribution in [0.5, 0.6) is 5.75 Å². The summed E-state index contributed by atoms with van der Waals surface area (Å²) in [7, 11) is 0. The number of carbonyl (C=O) groups is 1. The summed E-state index contributed by atoms with van der Waals surface area (Å²) in [5, 5.41) is 28.8. The van der Waals surface area contributed by atoms with Crippen LogP contribution >= 0.6 is 0 Å². The molecule has 1 aliphatic heterocycles. The fraction of sp³-hybridized carbons (Fsp3) is 0.500. The van der Waals surface area contributed by atoms with Crippen LogP contribution in [0.25, 0.3) is 0 Å². The van der Waals surface area contributed by atoms with Crippen molar-refractivity contribution in [2.24, 2.45) is 5.92 Å². The van der Waals surface area contributed by atoms with E-state index in [0.717, 1.165) is 12.8 Å². The number of aliphatic carboxylic acids is 1. The van der Waals surface area contributed by atoms with Gasteiger partial charge in [0.2, 0.25) is 0 Å². The number of carboxylic acid groups (broad SMARTS) is 1. The second-order valence-corrected chi connectivity index (χ2v) is 6.95. The first kappa shape index (κ1) is 22.1. The van der Waals surface area contributed by atoms with E-state index in [-0.39, 0.29) is 31.7 Å². The Hall–Kier alpha value is -2.15. The number of aliphatic hydroxyl groups excluding tert-OH is 2. The summed E-state index contributed by atoms with van der Waals surface area (Å²) in [6, 6.07) is 9.30. The Labute approximate surface area is 166 Å². The van der Waals surface area contributed by atoms with Crippen LogP contribution < -0.4 is 4.74 Å². The van der Waals surface area contributed by atoms with Crippen molar-refractivity contribution in [1.82, 2.24) is 0 Å². The number of allylic oxidation sites excluding steroid dienone is 2. The van der Waals surface area contributed by atoms with E-state index in [1.807, 2.05) is 42.5 Å². The lowest BCUT2D eigenvalue weighted by Crippen LogP contribution is -2.23. The minimum absolute atomic E-state index is 0.0613. The van der Waals surface area contributed by atoms with E-state index in [4.69, 9.17) is 14.6 Å². The van der Waals surface area contributed by atoms with E-state index in [1.165, 1.54) is 0 Å². The molecular weight excluding hydrogens is 360 g/mol. The molecule has 6 heteroatoms. The molecule has 0 saturated carbocycles. The topological polar surface area (TPSA) is 96.2 Å². The summed E-state index contributed by atoms with van der Waals surface area (Å²) < 4.78 is 11.1. The molecule has 0 radical (unpaired) electrons. The Kier molecular flexibility index (Phi) is 9.76. The number of unbranched alkanes of at least 4 members (excludes halogenated alkanes) is 2. The van der Waals surface area contributed by atoms with Crippen molar-refractivity contribution in [3.8, 4) is 5.75 Å². The Bertz CT molecular complexity index is 627. The Balaban J connectivity index is 1.72. The first-order chi connectivity index (χ1) is 13.6. The number of hydrogen-bond acceptors (Lipinski definition) is 5. The van der Waals surface area contributed by atoms with Gasteiger partial charge in [-0.1, -0.05) is 42.5 Å². The Morgan fingerprint density at radius 2 is 2.04 bits per heavy atom. The van der Waals surface area contributed by atoms with Crippen LogP contribution in [0.4, 0.5) is 0 Å². The maximum absolute atomic E-state index is 10.5. The van der Waals surface area contributed by atoms with Crippen molar-refractivity contribution >= 4 is 5.97 Å². The van der Waals surface area contributed by atoms with Crippen LogP contribution in [0.2, 0.25) is 0 Å². The molecule has 1 aromatic carbocycles. The van der Waals surface area contributed by atoms with Crippen molar-refractivity contribution < 1.29 is 29.6 Å². The van der Waals surface area contributed by atoms with Gasteiger partial charge in [0.15, 0.2) is 0 Å². The molecule has 1 aromatic rings. The molecule has 0 aliphatic carbocycles. The van der Waals surface area contributed by atoms with Gasteiger partial charge in [-0.05, 0) is 37.8 Å². The van der Waals surface area contributed by atoms with Crippen molar-refractivity contribution in [1.29, 1.82) is 0 Å². The minimum atomic E-state index is -0.763. The largest absolute Gasteiger partial charge is 0.491 e. The van der Waals surface area contributed by atoms with Crippen molar-refractivity contribution in [2.45, 2.75) is 50.4 Å². The molecule has 1 heterocycles. The molecule has 1 saturated heterocycles. The van der Waals surface area contributed by atoms with Gasteiger partial charge in [-0.3, -0.25) is 4.79 Å². The number of carboxylic acids is 1. The number of rotatable bonds is 12. The lowest BCUT2D eigenvalue weighted by molar-refractivity contribution is -0.137. The lowest BCUT2D eigenvalue weighted by atomic mass is 9.94. The molecular formula is C22H30O6. The number of aliphatic hydroxyl groups is 2. The van der Waals surface area contributed by atoms with Crippen LogP contribution in [0.1, 0.15) is 32.1 Å². The highest BCUT2D eigenvalue weighted by atomic mass is 16.5. The molecule has 1 aliphatic rings. The van der Waals surface area contributed by atoms with E-state index in [2.05, 4.69) is 0 Å². The number of ether oxygens (including phenoxy) is 2. The molecule has 3 N–H and O–H groups in total. The second kappa shape index (κ2) is 12.3. The van der Waals surface area contributed by atoms with Crippen LogP contribution in [0, 0.1) is 5.92 Å². The van der Waals surface area contributed by atoms with Crippen molar-refractivity contribution in [2.75, 3.05) is 13.2 Å².